The molecule has 3 heteroatoms. The van der Waals surface area contributed by atoms with E-state index in [4.69, 9.17) is 23.2 Å². The molecule has 0 aliphatic heterocycles. The monoisotopic (exact) mass is 203 g/mol. The quantitative estimate of drug-likeness (QED) is 0.717. The van der Waals surface area contributed by atoms with Crippen molar-refractivity contribution in [1.82, 2.24) is 4.98 Å². The Morgan fingerprint density at radius 3 is 2.17 bits per heavy atom. The lowest BCUT2D eigenvalue weighted by molar-refractivity contribution is 0.647. The van der Waals surface area contributed by atoms with E-state index < -0.39 is 0 Å². The first-order valence-corrected chi connectivity index (χ1v) is 4.64. The zero-order valence-electron chi connectivity index (χ0n) is 7.14. The highest BCUT2D eigenvalue weighted by Gasteiger charge is 2.07. The maximum Gasteiger partial charge on any atom is 0.0636 e. The maximum absolute atomic E-state index is 5.93. The van der Waals surface area contributed by atoms with E-state index in [-0.39, 0.29) is 0 Å². The van der Waals surface area contributed by atoms with Crippen LogP contribution in [0.15, 0.2) is 12.4 Å². The smallest absolute Gasteiger partial charge is 0.0636 e. The van der Waals surface area contributed by atoms with Gasteiger partial charge in [0.2, 0.25) is 0 Å². The number of aromatic nitrogens is 1. The second-order valence-electron chi connectivity index (χ2n) is 3.18. The summed E-state index contributed by atoms with van der Waals surface area (Å²) in [5.74, 6) is 0.558. The van der Waals surface area contributed by atoms with Crippen molar-refractivity contribution < 1.29 is 0 Å². The fraction of sp³-hybridized carbons (Fsp3) is 0.444. The summed E-state index contributed by atoms with van der Waals surface area (Å²) in [5, 5.41) is 1.33. The Balaban J connectivity index is 2.96. The van der Waals surface area contributed by atoms with E-state index in [2.05, 4.69) is 18.8 Å². The fourth-order valence-corrected chi connectivity index (χ4v) is 1.56. The van der Waals surface area contributed by atoms with Gasteiger partial charge in [0.15, 0.2) is 0 Å². The second-order valence-corrected chi connectivity index (χ2v) is 3.99. The zero-order chi connectivity index (χ0) is 9.14. The molecule has 12 heavy (non-hydrogen) atoms. The fourth-order valence-electron chi connectivity index (χ4n) is 1.04. The molecule has 0 radical (unpaired) electrons. The lowest BCUT2D eigenvalue weighted by atomic mass is 10.0. The first kappa shape index (κ1) is 9.82. The normalized spacial score (nSPS) is 10.8. The van der Waals surface area contributed by atoms with Crippen LogP contribution in [-0.4, -0.2) is 4.98 Å². The SMILES string of the molecule is CC(C)Cc1c(Cl)cncc1Cl. The van der Waals surface area contributed by atoms with Crippen LogP contribution in [0.2, 0.25) is 10.0 Å². The van der Waals surface area contributed by atoms with E-state index in [1.165, 1.54) is 0 Å². The summed E-state index contributed by atoms with van der Waals surface area (Å²) in [6.45, 7) is 4.26. The third-order valence-electron chi connectivity index (χ3n) is 1.56. The van der Waals surface area contributed by atoms with Gasteiger partial charge in [0.05, 0.1) is 10.0 Å². The van der Waals surface area contributed by atoms with E-state index in [0.29, 0.717) is 16.0 Å². The molecule has 0 amide bonds. The molecular weight excluding hydrogens is 193 g/mol. The average Bonchev–Trinajstić information content (AvgIpc) is 1.97. The van der Waals surface area contributed by atoms with E-state index in [1.54, 1.807) is 12.4 Å². The summed E-state index contributed by atoms with van der Waals surface area (Å²) < 4.78 is 0. The van der Waals surface area contributed by atoms with Crippen molar-refractivity contribution in [2.45, 2.75) is 20.3 Å². The first-order valence-electron chi connectivity index (χ1n) is 3.89. The number of rotatable bonds is 2. The molecule has 1 rings (SSSR count). The third kappa shape index (κ3) is 2.36. The molecule has 0 aromatic carbocycles. The molecule has 0 bridgehead atoms. The molecule has 1 aromatic rings. The second kappa shape index (κ2) is 4.11. The Bertz CT molecular complexity index is 251. The number of hydrogen-bond acceptors (Lipinski definition) is 1. The van der Waals surface area contributed by atoms with Crippen molar-refractivity contribution in [2.75, 3.05) is 0 Å². The molecule has 0 fully saturated rings. The van der Waals surface area contributed by atoms with Gasteiger partial charge in [-0.05, 0) is 17.9 Å². The molecule has 0 unspecified atom stereocenters. The van der Waals surface area contributed by atoms with Crippen LogP contribution in [0.1, 0.15) is 19.4 Å². The Morgan fingerprint density at radius 2 is 1.75 bits per heavy atom. The van der Waals surface area contributed by atoms with Crippen molar-refractivity contribution in [3.63, 3.8) is 0 Å². The lowest BCUT2D eigenvalue weighted by Gasteiger charge is -2.07. The summed E-state index contributed by atoms with van der Waals surface area (Å²) in [4.78, 5) is 3.89. The van der Waals surface area contributed by atoms with Crippen LogP contribution < -0.4 is 0 Å². The first-order chi connectivity index (χ1) is 5.61. The minimum Gasteiger partial charge on any atom is -0.262 e. The predicted molar refractivity (Wildman–Crippen MR) is 52.8 cm³/mol. The molecule has 66 valence electrons. The van der Waals surface area contributed by atoms with Gasteiger partial charge in [-0.3, -0.25) is 4.98 Å². The number of nitrogens with zero attached hydrogens (tertiary/aromatic N) is 1. The van der Waals surface area contributed by atoms with Crippen LogP contribution >= 0.6 is 23.2 Å². The van der Waals surface area contributed by atoms with E-state index in [1.807, 2.05) is 0 Å². The van der Waals surface area contributed by atoms with Gasteiger partial charge in [0.25, 0.3) is 0 Å². The van der Waals surface area contributed by atoms with E-state index >= 15 is 0 Å². The molecule has 0 aliphatic rings. The number of pyridine rings is 1. The minimum absolute atomic E-state index is 0.558. The number of halogens is 2. The summed E-state index contributed by atoms with van der Waals surface area (Å²) >= 11 is 11.9. The van der Waals surface area contributed by atoms with E-state index in [0.717, 1.165) is 12.0 Å². The Labute approximate surface area is 82.7 Å². The molecule has 0 atom stereocenters. The highest BCUT2D eigenvalue weighted by molar-refractivity contribution is 6.35. The molecule has 0 N–H and O–H groups in total. The van der Waals surface area contributed by atoms with Crippen molar-refractivity contribution >= 4 is 23.2 Å². The summed E-state index contributed by atoms with van der Waals surface area (Å²) in [5.41, 5.74) is 1.00. The van der Waals surface area contributed by atoms with Crippen LogP contribution in [0.5, 0.6) is 0 Å². The summed E-state index contributed by atoms with van der Waals surface area (Å²) in [6, 6.07) is 0. The van der Waals surface area contributed by atoms with Crippen LogP contribution in [-0.2, 0) is 6.42 Å². The molecule has 0 aliphatic carbocycles. The molecule has 0 saturated carbocycles. The van der Waals surface area contributed by atoms with Crippen molar-refractivity contribution in [3.05, 3.63) is 28.0 Å². The largest absolute Gasteiger partial charge is 0.262 e. The summed E-state index contributed by atoms with van der Waals surface area (Å²) in [7, 11) is 0. The molecule has 1 aromatic heterocycles. The van der Waals surface area contributed by atoms with Crippen LogP contribution in [0.25, 0.3) is 0 Å². The molecule has 1 heterocycles. The highest BCUT2D eigenvalue weighted by atomic mass is 35.5. The Hall–Kier alpha value is -0.270. The van der Waals surface area contributed by atoms with Crippen LogP contribution in [0.4, 0.5) is 0 Å². The topological polar surface area (TPSA) is 12.9 Å². The Kier molecular flexibility index (Phi) is 3.36. The Morgan fingerprint density at radius 1 is 1.25 bits per heavy atom. The van der Waals surface area contributed by atoms with Gasteiger partial charge >= 0.3 is 0 Å². The zero-order valence-corrected chi connectivity index (χ0v) is 8.65. The van der Waals surface area contributed by atoms with Crippen molar-refractivity contribution in [3.8, 4) is 0 Å². The average molecular weight is 204 g/mol. The third-order valence-corrected chi connectivity index (χ3v) is 2.22. The molecule has 1 nitrogen and oxygen atoms in total. The number of hydrogen-bond donors (Lipinski definition) is 0. The maximum atomic E-state index is 5.93. The predicted octanol–water partition coefficient (Wildman–Crippen LogP) is 3.59. The van der Waals surface area contributed by atoms with Gasteiger partial charge in [-0.25, -0.2) is 0 Å². The van der Waals surface area contributed by atoms with Crippen LogP contribution in [0, 0.1) is 5.92 Å². The lowest BCUT2D eigenvalue weighted by Crippen LogP contribution is -1.96. The van der Waals surface area contributed by atoms with Gasteiger partial charge in [0.1, 0.15) is 0 Å². The standard InChI is InChI=1S/C9H11Cl2N/c1-6(2)3-7-8(10)4-12-5-9(7)11/h4-6H,3H2,1-2H3. The van der Waals surface area contributed by atoms with Gasteiger partial charge in [-0.2, -0.15) is 0 Å². The van der Waals surface area contributed by atoms with Gasteiger partial charge in [-0.1, -0.05) is 37.0 Å². The van der Waals surface area contributed by atoms with Crippen molar-refractivity contribution in [2.24, 2.45) is 5.92 Å². The van der Waals surface area contributed by atoms with Gasteiger partial charge < -0.3 is 0 Å². The van der Waals surface area contributed by atoms with Gasteiger partial charge in [0, 0.05) is 12.4 Å². The molecular formula is C9H11Cl2N. The van der Waals surface area contributed by atoms with E-state index in [9.17, 15) is 0 Å². The summed E-state index contributed by atoms with van der Waals surface area (Å²) in [6.07, 6.45) is 4.16. The van der Waals surface area contributed by atoms with Gasteiger partial charge in [-0.15, -0.1) is 0 Å². The van der Waals surface area contributed by atoms with Crippen molar-refractivity contribution in [1.29, 1.82) is 0 Å². The highest BCUT2D eigenvalue weighted by Crippen LogP contribution is 2.25. The minimum atomic E-state index is 0.558. The van der Waals surface area contributed by atoms with Crippen LogP contribution in [0.3, 0.4) is 0 Å². The molecule has 0 saturated heterocycles. The molecule has 0 spiro atoms.